The molecule has 134 valence electrons. The first-order valence-electron chi connectivity index (χ1n) is 8.15. The molecule has 0 aromatic carbocycles. The summed E-state index contributed by atoms with van der Waals surface area (Å²) in [5.74, 6) is 1.03. The lowest BCUT2D eigenvalue weighted by Gasteiger charge is -2.39. The molecule has 0 atom stereocenters. The Bertz CT molecular complexity index is 914. The number of pyridine rings is 1. The van der Waals surface area contributed by atoms with Gasteiger partial charge >= 0.3 is 0 Å². The third-order valence-corrected chi connectivity index (χ3v) is 5.04. The summed E-state index contributed by atoms with van der Waals surface area (Å²) in [6, 6.07) is 3.95. The van der Waals surface area contributed by atoms with Crippen LogP contribution in [-0.2, 0) is 9.75 Å². The molecule has 1 fully saturated rings. The summed E-state index contributed by atoms with van der Waals surface area (Å²) < 4.78 is 4.05. The lowest BCUT2D eigenvalue weighted by atomic mass is 9.64. The Morgan fingerprint density at radius 3 is 2.35 bits per heavy atom. The van der Waals surface area contributed by atoms with Crippen LogP contribution >= 0.6 is 23.2 Å². The molecule has 3 heterocycles. The second-order valence-electron chi connectivity index (χ2n) is 6.51. The van der Waals surface area contributed by atoms with Crippen molar-refractivity contribution in [1.82, 2.24) is 25.1 Å². The smallest absolute Gasteiger partial charge is 0.262 e. The summed E-state index contributed by atoms with van der Waals surface area (Å²) in [4.78, 5) is 17.0. The Kier molecular flexibility index (Phi) is 4.08. The maximum Gasteiger partial charge on any atom is 0.262 e. The zero-order chi connectivity index (χ0) is 18.4. The standard InChI is InChI=1S/C17H16Cl2N6O/c1-16(18,19)14-24-13(25-26-14)17(5-2-6-17)11-3-4-12(21-9-11)10-7-22-15(20)23-8-10/h3-4,7-9H,2,5-6H2,1H3,(H2,20,22,23). The number of hydrogen-bond donors (Lipinski definition) is 1. The minimum absolute atomic E-state index is 0.200. The number of nitrogen functional groups attached to an aromatic ring is 1. The van der Waals surface area contributed by atoms with E-state index in [1.807, 2.05) is 18.3 Å². The molecule has 9 heteroatoms. The molecule has 0 radical (unpaired) electrons. The van der Waals surface area contributed by atoms with Crippen LogP contribution < -0.4 is 5.73 Å². The zero-order valence-electron chi connectivity index (χ0n) is 14.0. The Balaban J connectivity index is 1.66. The van der Waals surface area contributed by atoms with E-state index in [1.165, 1.54) is 0 Å². The fraction of sp³-hybridized carbons (Fsp3) is 0.353. The number of aromatic nitrogens is 5. The summed E-state index contributed by atoms with van der Waals surface area (Å²) >= 11 is 12.1. The third kappa shape index (κ3) is 2.91. The number of nitrogens with zero attached hydrogens (tertiary/aromatic N) is 5. The van der Waals surface area contributed by atoms with Crippen molar-refractivity contribution in [3.05, 3.63) is 48.0 Å². The first-order valence-corrected chi connectivity index (χ1v) is 8.91. The minimum atomic E-state index is -1.21. The van der Waals surface area contributed by atoms with E-state index in [9.17, 15) is 0 Å². The van der Waals surface area contributed by atoms with E-state index in [4.69, 9.17) is 33.5 Å². The van der Waals surface area contributed by atoms with Crippen LogP contribution in [0.4, 0.5) is 5.95 Å². The fourth-order valence-electron chi connectivity index (χ4n) is 3.09. The molecule has 4 rings (SSSR count). The van der Waals surface area contributed by atoms with Crippen molar-refractivity contribution in [2.24, 2.45) is 0 Å². The van der Waals surface area contributed by atoms with Crippen LogP contribution in [0, 0.1) is 0 Å². The van der Waals surface area contributed by atoms with Gasteiger partial charge in [0, 0.05) is 24.2 Å². The average molecular weight is 391 g/mol. The highest BCUT2D eigenvalue weighted by molar-refractivity contribution is 6.47. The molecule has 1 aliphatic rings. The number of rotatable bonds is 4. The number of alkyl halides is 2. The molecule has 26 heavy (non-hydrogen) atoms. The van der Waals surface area contributed by atoms with Gasteiger partial charge in [-0.25, -0.2) is 9.97 Å². The van der Waals surface area contributed by atoms with E-state index in [-0.39, 0.29) is 17.3 Å². The molecule has 3 aromatic rings. The molecule has 1 aliphatic carbocycles. The van der Waals surface area contributed by atoms with E-state index in [1.54, 1.807) is 19.3 Å². The quantitative estimate of drug-likeness (QED) is 0.678. The van der Waals surface area contributed by atoms with Gasteiger partial charge in [0.05, 0.1) is 11.1 Å². The maximum absolute atomic E-state index is 6.06. The van der Waals surface area contributed by atoms with Crippen LogP contribution in [0.25, 0.3) is 11.3 Å². The highest BCUT2D eigenvalue weighted by Gasteiger charge is 2.45. The largest absolute Gasteiger partial charge is 0.368 e. The summed E-state index contributed by atoms with van der Waals surface area (Å²) in [6.07, 6.45) is 8.05. The van der Waals surface area contributed by atoms with E-state index in [0.29, 0.717) is 5.82 Å². The first kappa shape index (κ1) is 17.2. The molecule has 0 spiro atoms. The fourth-order valence-corrected chi connectivity index (χ4v) is 3.24. The van der Waals surface area contributed by atoms with Crippen molar-refractivity contribution in [3.63, 3.8) is 0 Å². The van der Waals surface area contributed by atoms with Gasteiger partial charge in [0.1, 0.15) is 0 Å². The summed E-state index contributed by atoms with van der Waals surface area (Å²) in [5.41, 5.74) is 7.81. The number of hydrogen-bond acceptors (Lipinski definition) is 7. The van der Waals surface area contributed by atoms with Crippen molar-refractivity contribution in [2.75, 3.05) is 5.73 Å². The van der Waals surface area contributed by atoms with Crippen LogP contribution in [0.1, 0.15) is 43.5 Å². The Labute approximate surface area is 160 Å². The molecule has 3 aromatic heterocycles. The van der Waals surface area contributed by atoms with E-state index < -0.39 is 4.33 Å². The maximum atomic E-state index is 6.06. The summed E-state index contributed by atoms with van der Waals surface area (Å²) in [6.45, 7) is 1.60. The lowest BCUT2D eigenvalue weighted by molar-refractivity contribution is 0.270. The van der Waals surface area contributed by atoms with Crippen LogP contribution in [0.15, 0.2) is 35.2 Å². The Hall–Kier alpha value is -2.25. The topological polar surface area (TPSA) is 104 Å². The van der Waals surface area contributed by atoms with Gasteiger partial charge in [0.25, 0.3) is 5.89 Å². The van der Waals surface area contributed by atoms with Crippen molar-refractivity contribution in [1.29, 1.82) is 0 Å². The summed E-state index contributed by atoms with van der Waals surface area (Å²) in [5, 5.41) is 4.13. The highest BCUT2D eigenvalue weighted by atomic mass is 35.5. The van der Waals surface area contributed by atoms with Crippen molar-refractivity contribution < 1.29 is 4.52 Å². The Morgan fingerprint density at radius 2 is 1.85 bits per heavy atom. The number of anilines is 1. The van der Waals surface area contributed by atoms with Gasteiger partial charge in [-0.05, 0) is 31.4 Å². The third-order valence-electron chi connectivity index (χ3n) is 4.72. The van der Waals surface area contributed by atoms with E-state index >= 15 is 0 Å². The summed E-state index contributed by atoms with van der Waals surface area (Å²) in [7, 11) is 0. The van der Waals surface area contributed by atoms with Crippen molar-refractivity contribution >= 4 is 29.2 Å². The second-order valence-corrected chi connectivity index (χ2v) is 8.21. The molecular formula is C17H16Cl2N6O. The zero-order valence-corrected chi connectivity index (χ0v) is 15.5. The normalized spacial score (nSPS) is 16.3. The molecule has 0 amide bonds. The Morgan fingerprint density at radius 1 is 1.12 bits per heavy atom. The molecule has 7 nitrogen and oxygen atoms in total. The molecule has 2 N–H and O–H groups in total. The van der Waals surface area contributed by atoms with Gasteiger partial charge in [-0.3, -0.25) is 4.98 Å². The van der Waals surface area contributed by atoms with Crippen molar-refractivity contribution in [3.8, 4) is 11.3 Å². The van der Waals surface area contributed by atoms with E-state index in [0.717, 1.165) is 36.1 Å². The molecular weight excluding hydrogens is 375 g/mol. The highest BCUT2D eigenvalue weighted by Crippen LogP contribution is 2.48. The number of halogens is 2. The van der Waals surface area contributed by atoms with Gasteiger partial charge in [0.15, 0.2) is 10.2 Å². The van der Waals surface area contributed by atoms with Crippen LogP contribution in [-0.4, -0.2) is 25.1 Å². The van der Waals surface area contributed by atoms with Gasteiger partial charge in [-0.15, -0.1) is 0 Å². The SMILES string of the molecule is CC(Cl)(Cl)c1nc(C2(c3ccc(-c4cnc(N)nc4)nc3)CCC2)no1. The molecule has 0 aliphatic heterocycles. The van der Waals surface area contributed by atoms with Gasteiger partial charge in [-0.1, -0.05) is 40.8 Å². The molecule has 0 unspecified atom stereocenters. The van der Waals surface area contributed by atoms with Gasteiger partial charge in [-0.2, -0.15) is 4.98 Å². The minimum Gasteiger partial charge on any atom is -0.368 e. The van der Waals surface area contributed by atoms with Crippen LogP contribution in [0.5, 0.6) is 0 Å². The monoisotopic (exact) mass is 390 g/mol. The lowest BCUT2D eigenvalue weighted by Crippen LogP contribution is -2.36. The predicted octanol–water partition coefficient (Wildman–Crippen LogP) is 3.62. The average Bonchev–Trinajstić information content (AvgIpc) is 3.06. The van der Waals surface area contributed by atoms with Crippen LogP contribution in [0.2, 0.25) is 0 Å². The van der Waals surface area contributed by atoms with Crippen LogP contribution in [0.3, 0.4) is 0 Å². The predicted molar refractivity (Wildman–Crippen MR) is 97.7 cm³/mol. The first-order chi connectivity index (χ1) is 12.4. The molecule has 0 saturated heterocycles. The van der Waals surface area contributed by atoms with Gasteiger partial charge in [0.2, 0.25) is 5.95 Å². The molecule has 1 saturated carbocycles. The molecule has 0 bridgehead atoms. The number of nitrogens with two attached hydrogens (primary N) is 1. The van der Waals surface area contributed by atoms with E-state index in [2.05, 4.69) is 25.1 Å². The second kappa shape index (κ2) is 6.17. The van der Waals surface area contributed by atoms with Crippen molar-refractivity contribution in [2.45, 2.75) is 35.9 Å². The van der Waals surface area contributed by atoms with Gasteiger partial charge < -0.3 is 10.3 Å².